The Morgan fingerprint density at radius 3 is 2.65 bits per heavy atom. The minimum absolute atomic E-state index is 0.370. The summed E-state index contributed by atoms with van der Waals surface area (Å²) in [5.74, 6) is 0.187. The van der Waals surface area contributed by atoms with E-state index in [9.17, 15) is 18.0 Å². The van der Waals surface area contributed by atoms with Crippen molar-refractivity contribution in [3.05, 3.63) is 47.3 Å². The van der Waals surface area contributed by atoms with Gasteiger partial charge in [-0.15, -0.1) is 0 Å². The number of anilines is 1. The first kappa shape index (κ1) is 17.1. The zero-order chi connectivity index (χ0) is 18.7. The van der Waals surface area contributed by atoms with Crippen LogP contribution in [0.3, 0.4) is 0 Å². The number of aryl methyl sites for hydroxylation is 1. The Morgan fingerprint density at radius 1 is 1.31 bits per heavy atom. The number of rotatable bonds is 4. The van der Waals surface area contributed by atoms with Crippen molar-refractivity contribution in [2.75, 3.05) is 5.32 Å². The maximum absolute atomic E-state index is 13.1. The molecular weight excluding hydrogens is 343 g/mol. The van der Waals surface area contributed by atoms with E-state index in [-0.39, 0.29) is 0 Å². The zero-order valence-electron chi connectivity index (χ0n) is 14.6. The zero-order valence-corrected chi connectivity index (χ0v) is 14.6. The van der Waals surface area contributed by atoms with Crippen LogP contribution in [0.2, 0.25) is 0 Å². The topological polar surface area (TPSA) is 46.9 Å². The van der Waals surface area contributed by atoms with E-state index in [2.05, 4.69) is 17.3 Å². The second kappa shape index (κ2) is 5.59. The molecule has 2 saturated carbocycles. The van der Waals surface area contributed by atoms with Gasteiger partial charge in [0.1, 0.15) is 0 Å². The lowest BCUT2D eigenvalue weighted by molar-refractivity contribution is -0.141. The molecule has 2 aliphatic rings. The van der Waals surface area contributed by atoms with Crippen LogP contribution in [0, 0.1) is 11.3 Å². The second-order valence-electron chi connectivity index (χ2n) is 7.71. The molecule has 0 saturated heterocycles. The van der Waals surface area contributed by atoms with Gasteiger partial charge < -0.3 is 5.32 Å². The van der Waals surface area contributed by atoms with Gasteiger partial charge in [0.05, 0.1) is 5.56 Å². The molecule has 2 unspecified atom stereocenters. The maximum Gasteiger partial charge on any atom is 0.435 e. The van der Waals surface area contributed by atoms with Crippen molar-refractivity contribution >= 4 is 11.6 Å². The number of aromatic nitrogens is 2. The van der Waals surface area contributed by atoms with Gasteiger partial charge in [-0.3, -0.25) is 9.48 Å². The average molecular weight is 363 g/mol. The lowest BCUT2D eigenvalue weighted by atomic mass is 9.97. The van der Waals surface area contributed by atoms with E-state index >= 15 is 0 Å². The van der Waals surface area contributed by atoms with Crippen molar-refractivity contribution in [3.8, 4) is 0 Å². The van der Waals surface area contributed by atoms with E-state index < -0.39 is 23.3 Å². The number of carbonyl (C=O) groups is 1. The Bertz CT molecular complexity index is 867. The molecule has 0 aliphatic heterocycles. The van der Waals surface area contributed by atoms with Gasteiger partial charge in [-0.25, -0.2) is 0 Å². The minimum atomic E-state index is -4.67. The highest BCUT2D eigenvalue weighted by Gasteiger charge is 2.56. The van der Waals surface area contributed by atoms with Crippen LogP contribution in [0.15, 0.2) is 30.5 Å². The van der Waals surface area contributed by atoms with E-state index in [0.717, 1.165) is 22.9 Å². The Hall–Kier alpha value is -2.31. The molecule has 2 aliphatic carbocycles. The minimum Gasteiger partial charge on any atom is -0.322 e. The smallest absolute Gasteiger partial charge is 0.322 e. The van der Waals surface area contributed by atoms with Gasteiger partial charge in [0, 0.05) is 18.9 Å². The fourth-order valence-electron chi connectivity index (χ4n) is 3.86. The summed E-state index contributed by atoms with van der Waals surface area (Å²) in [6, 6.07) is 7.39. The number of halogens is 3. The molecule has 138 valence electrons. The van der Waals surface area contributed by atoms with Gasteiger partial charge in [0.25, 0.3) is 5.91 Å². The number of hydrogen-bond donors (Lipinski definition) is 1. The lowest BCUT2D eigenvalue weighted by Gasteiger charge is -2.13. The maximum atomic E-state index is 13.1. The van der Waals surface area contributed by atoms with Crippen molar-refractivity contribution in [1.29, 1.82) is 0 Å². The third kappa shape index (κ3) is 2.99. The van der Waals surface area contributed by atoms with E-state index in [0.29, 0.717) is 22.9 Å². The number of amides is 1. The van der Waals surface area contributed by atoms with Gasteiger partial charge >= 0.3 is 6.18 Å². The summed E-state index contributed by atoms with van der Waals surface area (Å²) in [5, 5.41) is 6.07. The van der Waals surface area contributed by atoms with Gasteiger partial charge in [-0.2, -0.15) is 18.3 Å². The average Bonchev–Trinajstić information content (AvgIpc) is 3.46. The first-order chi connectivity index (χ1) is 12.2. The summed E-state index contributed by atoms with van der Waals surface area (Å²) >= 11 is 0. The van der Waals surface area contributed by atoms with E-state index in [1.807, 2.05) is 12.1 Å². The summed E-state index contributed by atoms with van der Waals surface area (Å²) in [6.45, 7) is 2.28. The molecule has 0 radical (unpaired) electrons. The molecule has 4 nitrogen and oxygen atoms in total. The SMILES string of the molecule is Cn1cc(C(=O)Nc2ccccc2C2CC2C2(C)CC2)c(C(F)(F)F)n1. The molecular formula is C19H20F3N3O. The first-order valence-electron chi connectivity index (χ1n) is 8.70. The molecule has 1 aromatic carbocycles. The molecule has 2 fully saturated rings. The standard InChI is InChI=1S/C19H20F3N3O/c1-18(7-8-18)14-9-12(14)11-5-3-4-6-15(11)23-17(26)13-10-25(2)24-16(13)19(20,21)22/h3-6,10,12,14H,7-9H2,1-2H3,(H,23,26). The summed E-state index contributed by atoms with van der Waals surface area (Å²) in [4.78, 5) is 12.5. The molecule has 1 N–H and O–H groups in total. The van der Waals surface area contributed by atoms with Crippen LogP contribution in [0.1, 0.15) is 53.7 Å². The first-order valence-corrected chi connectivity index (χ1v) is 8.70. The Balaban J connectivity index is 1.58. The number of hydrogen-bond acceptors (Lipinski definition) is 2. The van der Waals surface area contributed by atoms with Crippen LogP contribution in [0.5, 0.6) is 0 Å². The summed E-state index contributed by atoms with van der Waals surface area (Å²) in [6.07, 6.45) is -0.0355. The fraction of sp³-hybridized carbons (Fsp3) is 0.474. The quantitative estimate of drug-likeness (QED) is 0.863. The van der Waals surface area contributed by atoms with Gasteiger partial charge in [-0.1, -0.05) is 25.1 Å². The molecule has 0 spiro atoms. The molecule has 0 bridgehead atoms. The second-order valence-corrected chi connectivity index (χ2v) is 7.71. The number of nitrogens with zero attached hydrogens (tertiary/aromatic N) is 2. The number of carbonyl (C=O) groups excluding carboxylic acids is 1. The molecule has 7 heteroatoms. The Kier molecular flexibility index (Phi) is 3.68. The predicted octanol–water partition coefficient (Wildman–Crippen LogP) is 4.59. The Labute approximate surface area is 149 Å². The molecule has 1 heterocycles. The van der Waals surface area contributed by atoms with Crippen LogP contribution in [0.25, 0.3) is 0 Å². The van der Waals surface area contributed by atoms with E-state index in [1.165, 1.54) is 19.9 Å². The highest BCUT2D eigenvalue weighted by Crippen LogP contribution is 2.67. The highest BCUT2D eigenvalue weighted by atomic mass is 19.4. The molecule has 4 rings (SSSR count). The molecule has 2 atom stereocenters. The Morgan fingerprint density at radius 2 is 2.00 bits per heavy atom. The van der Waals surface area contributed by atoms with Crippen molar-refractivity contribution in [3.63, 3.8) is 0 Å². The van der Waals surface area contributed by atoms with Gasteiger partial charge in [0.2, 0.25) is 0 Å². The number of para-hydroxylation sites is 1. The number of benzene rings is 1. The number of alkyl halides is 3. The largest absolute Gasteiger partial charge is 0.435 e. The van der Waals surface area contributed by atoms with Crippen LogP contribution in [0.4, 0.5) is 18.9 Å². The highest BCUT2D eigenvalue weighted by molar-refractivity contribution is 6.05. The molecule has 26 heavy (non-hydrogen) atoms. The van der Waals surface area contributed by atoms with Gasteiger partial charge in [0.15, 0.2) is 5.69 Å². The molecule has 1 aromatic heterocycles. The van der Waals surface area contributed by atoms with Crippen molar-refractivity contribution in [2.45, 2.75) is 38.3 Å². The van der Waals surface area contributed by atoms with Crippen LogP contribution < -0.4 is 5.32 Å². The van der Waals surface area contributed by atoms with Crippen molar-refractivity contribution in [1.82, 2.24) is 9.78 Å². The van der Waals surface area contributed by atoms with Crippen molar-refractivity contribution in [2.24, 2.45) is 18.4 Å². The molecule has 2 aromatic rings. The van der Waals surface area contributed by atoms with Crippen LogP contribution >= 0.6 is 0 Å². The summed E-state index contributed by atoms with van der Waals surface area (Å²) in [7, 11) is 1.37. The lowest BCUT2D eigenvalue weighted by Crippen LogP contribution is -2.18. The van der Waals surface area contributed by atoms with E-state index in [1.54, 1.807) is 12.1 Å². The predicted molar refractivity (Wildman–Crippen MR) is 90.8 cm³/mol. The third-order valence-corrected chi connectivity index (χ3v) is 5.67. The van der Waals surface area contributed by atoms with Crippen LogP contribution in [-0.2, 0) is 13.2 Å². The monoisotopic (exact) mass is 363 g/mol. The van der Waals surface area contributed by atoms with Crippen LogP contribution in [-0.4, -0.2) is 15.7 Å². The normalized spacial score (nSPS) is 23.6. The third-order valence-electron chi connectivity index (χ3n) is 5.67. The van der Waals surface area contributed by atoms with Crippen molar-refractivity contribution < 1.29 is 18.0 Å². The fourth-order valence-corrected chi connectivity index (χ4v) is 3.86. The molecule has 1 amide bonds. The van der Waals surface area contributed by atoms with Gasteiger partial charge in [-0.05, 0) is 48.1 Å². The number of nitrogens with one attached hydrogen (secondary N) is 1. The summed E-state index contributed by atoms with van der Waals surface area (Å²) < 4.78 is 40.3. The summed E-state index contributed by atoms with van der Waals surface area (Å²) in [5.41, 5.74) is 0.373. The van der Waals surface area contributed by atoms with E-state index in [4.69, 9.17) is 0 Å².